The van der Waals surface area contributed by atoms with Gasteiger partial charge in [0.05, 0.1) is 18.8 Å². The summed E-state index contributed by atoms with van der Waals surface area (Å²) >= 11 is 1.67. The molecule has 1 N–H and O–H groups in total. The Labute approximate surface area is 135 Å². The summed E-state index contributed by atoms with van der Waals surface area (Å²) < 4.78 is 5.46. The Hall–Kier alpha value is -1.79. The van der Waals surface area contributed by atoms with Gasteiger partial charge in [-0.1, -0.05) is 6.07 Å². The maximum absolute atomic E-state index is 12.4. The van der Waals surface area contributed by atoms with Crippen LogP contribution in [0.2, 0.25) is 0 Å². The lowest BCUT2D eigenvalue weighted by atomic mass is 10.2. The van der Waals surface area contributed by atoms with Gasteiger partial charge in [-0.05, 0) is 44.6 Å². The molecule has 0 aromatic carbocycles. The van der Waals surface area contributed by atoms with Crippen molar-refractivity contribution >= 4 is 17.4 Å². The third-order valence-electron chi connectivity index (χ3n) is 3.54. The molecule has 0 saturated carbocycles. The monoisotopic (exact) mass is 321 g/mol. The molecule has 0 spiro atoms. The van der Waals surface area contributed by atoms with Crippen molar-refractivity contribution < 1.29 is 9.21 Å². The Bertz CT molecular complexity index is 552. The number of nitrogens with one attached hydrogen (secondary N) is 1. The van der Waals surface area contributed by atoms with Gasteiger partial charge in [0, 0.05) is 18.0 Å². The van der Waals surface area contributed by atoms with E-state index in [4.69, 9.17) is 4.42 Å². The third kappa shape index (κ3) is 4.35. The van der Waals surface area contributed by atoms with Crippen molar-refractivity contribution in [1.82, 2.24) is 15.1 Å². The predicted molar refractivity (Wildman–Crippen MR) is 88.9 cm³/mol. The molecule has 2 rings (SSSR count). The van der Waals surface area contributed by atoms with Gasteiger partial charge >= 0.3 is 6.03 Å². The average Bonchev–Trinajstić information content (AvgIpc) is 3.18. The van der Waals surface area contributed by atoms with Gasteiger partial charge < -0.3 is 14.6 Å². The Morgan fingerprint density at radius 3 is 2.73 bits per heavy atom. The fourth-order valence-corrected chi connectivity index (χ4v) is 2.95. The molecule has 1 atom stereocenters. The van der Waals surface area contributed by atoms with E-state index < -0.39 is 0 Å². The highest BCUT2D eigenvalue weighted by atomic mass is 32.1. The molecule has 2 heterocycles. The normalized spacial score (nSPS) is 12.4. The Balaban J connectivity index is 1.92. The van der Waals surface area contributed by atoms with Crippen LogP contribution >= 0.6 is 11.3 Å². The number of hydrogen-bond acceptors (Lipinski definition) is 4. The van der Waals surface area contributed by atoms with Crippen LogP contribution in [-0.4, -0.2) is 43.0 Å². The highest BCUT2D eigenvalue weighted by molar-refractivity contribution is 7.09. The number of amides is 2. The fraction of sp³-hybridized carbons (Fsp3) is 0.438. The van der Waals surface area contributed by atoms with Crippen molar-refractivity contribution in [3.63, 3.8) is 0 Å². The van der Waals surface area contributed by atoms with Gasteiger partial charge in [0.2, 0.25) is 0 Å². The van der Waals surface area contributed by atoms with Crippen LogP contribution in [0.15, 0.2) is 40.3 Å². The molecular formula is C16H23N3O2S. The van der Waals surface area contributed by atoms with Gasteiger partial charge in [0.15, 0.2) is 0 Å². The molecule has 2 amide bonds. The summed E-state index contributed by atoms with van der Waals surface area (Å²) in [5.74, 6) is 0.853. The lowest BCUT2D eigenvalue weighted by Crippen LogP contribution is -2.42. The van der Waals surface area contributed by atoms with E-state index in [1.54, 1.807) is 22.5 Å². The number of nitrogens with zero attached hydrogens (tertiary/aromatic N) is 2. The fourth-order valence-electron chi connectivity index (χ4n) is 2.23. The van der Waals surface area contributed by atoms with Crippen molar-refractivity contribution in [3.05, 3.63) is 46.5 Å². The minimum absolute atomic E-state index is 0.0272. The lowest BCUT2D eigenvalue weighted by Gasteiger charge is -2.25. The van der Waals surface area contributed by atoms with Crippen molar-refractivity contribution in [2.75, 3.05) is 27.2 Å². The highest BCUT2D eigenvalue weighted by Gasteiger charge is 2.19. The third-order valence-corrected chi connectivity index (χ3v) is 4.40. The van der Waals surface area contributed by atoms with E-state index in [0.29, 0.717) is 19.6 Å². The molecule has 22 heavy (non-hydrogen) atoms. The summed E-state index contributed by atoms with van der Waals surface area (Å²) in [5.41, 5.74) is 0. The molecule has 2 aromatic rings. The first kappa shape index (κ1) is 16.6. The number of likely N-dealkylation sites (N-methyl/N-ethyl adjacent to an activating group) is 1. The van der Waals surface area contributed by atoms with E-state index in [0.717, 1.165) is 5.76 Å². The standard InChI is InChI=1S/C16H23N3O2S/c1-4-19(12-13-7-6-10-22-13)16(20)17-11-14(18(2)3)15-8-5-9-21-15/h5-10,14H,4,11-12H2,1-3H3,(H,17,20). The number of urea groups is 1. The van der Waals surface area contributed by atoms with Crippen molar-refractivity contribution in [2.24, 2.45) is 0 Å². The number of furan rings is 1. The molecule has 0 saturated heterocycles. The second-order valence-corrected chi connectivity index (χ2v) is 6.31. The SMILES string of the molecule is CCN(Cc1cccs1)C(=O)NCC(c1ccco1)N(C)C. The maximum Gasteiger partial charge on any atom is 0.317 e. The zero-order valence-corrected chi connectivity index (χ0v) is 14.1. The number of thiophene rings is 1. The molecule has 0 aliphatic rings. The molecule has 6 heteroatoms. The van der Waals surface area contributed by atoms with Crippen molar-refractivity contribution in [1.29, 1.82) is 0 Å². The van der Waals surface area contributed by atoms with Crippen LogP contribution in [0, 0.1) is 0 Å². The highest BCUT2D eigenvalue weighted by Crippen LogP contribution is 2.18. The second kappa shape index (κ2) is 8.00. The van der Waals surface area contributed by atoms with Crippen molar-refractivity contribution in [2.45, 2.75) is 19.5 Å². The van der Waals surface area contributed by atoms with Gasteiger partial charge in [0.1, 0.15) is 5.76 Å². The summed E-state index contributed by atoms with van der Waals surface area (Å²) in [6, 6.07) is 7.83. The van der Waals surface area contributed by atoms with Crippen LogP contribution in [0.25, 0.3) is 0 Å². The minimum Gasteiger partial charge on any atom is -0.468 e. The number of carbonyl (C=O) groups is 1. The van der Waals surface area contributed by atoms with Gasteiger partial charge in [-0.2, -0.15) is 0 Å². The summed E-state index contributed by atoms with van der Waals surface area (Å²) in [4.78, 5) is 17.4. The smallest absolute Gasteiger partial charge is 0.317 e. The van der Waals surface area contributed by atoms with Crippen LogP contribution in [0.4, 0.5) is 4.79 Å². The van der Waals surface area contributed by atoms with E-state index in [2.05, 4.69) is 5.32 Å². The second-order valence-electron chi connectivity index (χ2n) is 5.27. The van der Waals surface area contributed by atoms with Crippen LogP contribution < -0.4 is 5.32 Å². The van der Waals surface area contributed by atoms with E-state index >= 15 is 0 Å². The predicted octanol–water partition coefficient (Wildman–Crippen LogP) is 3.18. The topological polar surface area (TPSA) is 48.7 Å². The van der Waals surface area contributed by atoms with Crippen LogP contribution in [0.3, 0.4) is 0 Å². The van der Waals surface area contributed by atoms with E-state index in [1.165, 1.54) is 4.88 Å². The Kier molecular flexibility index (Phi) is 6.03. The summed E-state index contributed by atoms with van der Waals surface area (Å²) in [6.45, 7) is 3.83. The summed E-state index contributed by atoms with van der Waals surface area (Å²) in [6.07, 6.45) is 1.66. The first-order chi connectivity index (χ1) is 10.6. The van der Waals surface area contributed by atoms with Gasteiger partial charge in [-0.3, -0.25) is 4.90 Å². The summed E-state index contributed by atoms with van der Waals surface area (Å²) in [5, 5.41) is 5.03. The molecule has 0 aliphatic carbocycles. The van der Waals surface area contributed by atoms with E-state index in [-0.39, 0.29) is 12.1 Å². The van der Waals surface area contributed by atoms with E-state index in [9.17, 15) is 4.79 Å². The van der Waals surface area contributed by atoms with Gasteiger partial charge in [-0.25, -0.2) is 4.79 Å². The van der Waals surface area contributed by atoms with E-state index in [1.807, 2.05) is 55.6 Å². The molecule has 0 bridgehead atoms. The Morgan fingerprint density at radius 1 is 1.36 bits per heavy atom. The number of rotatable bonds is 7. The molecule has 5 nitrogen and oxygen atoms in total. The quantitative estimate of drug-likeness (QED) is 0.852. The largest absolute Gasteiger partial charge is 0.468 e. The van der Waals surface area contributed by atoms with Gasteiger partial charge in [0.25, 0.3) is 0 Å². The van der Waals surface area contributed by atoms with Gasteiger partial charge in [-0.15, -0.1) is 11.3 Å². The lowest BCUT2D eigenvalue weighted by molar-refractivity contribution is 0.190. The zero-order valence-electron chi connectivity index (χ0n) is 13.3. The maximum atomic E-state index is 12.4. The van der Waals surface area contributed by atoms with Crippen molar-refractivity contribution in [3.8, 4) is 0 Å². The molecule has 0 fully saturated rings. The summed E-state index contributed by atoms with van der Waals surface area (Å²) in [7, 11) is 3.95. The molecular weight excluding hydrogens is 298 g/mol. The molecule has 2 aromatic heterocycles. The molecule has 120 valence electrons. The molecule has 1 unspecified atom stereocenters. The molecule has 0 aliphatic heterocycles. The van der Waals surface area contributed by atoms with Crippen LogP contribution in [0.5, 0.6) is 0 Å². The number of hydrogen-bond donors (Lipinski definition) is 1. The zero-order chi connectivity index (χ0) is 15.9. The minimum atomic E-state index is -0.0469. The average molecular weight is 321 g/mol. The van der Waals surface area contributed by atoms with Crippen LogP contribution in [-0.2, 0) is 6.54 Å². The first-order valence-electron chi connectivity index (χ1n) is 7.36. The molecule has 0 radical (unpaired) electrons. The number of carbonyl (C=O) groups excluding carboxylic acids is 1. The van der Waals surface area contributed by atoms with Crippen LogP contribution in [0.1, 0.15) is 23.6 Å². The Morgan fingerprint density at radius 2 is 2.18 bits per heavy atom. The first-order valence-corrected chi connectivity index (χ1v) is 8.24.